The third-order valence-corrected chi connectivity index (χ3v) is 5.55. The van der Waals surface area contributed by atoms with Gasteiger partial charge in [-0.05, 0) is 22.8 Å². The number of hydrogen-bond donors (Lipinski definition) is 0. The Bertz CT molecular complexity index is 930. The summed E-state index contributed by atoms with van der Waals surface area (Å²) in [5.74, 6) is 0. The highest BCUT2D eigenvalue weighted by atomic mass is 16.7. The van der Waals surface area contributed by atoms with E-state index in [-0.39, 0.29) is 17.6 Å². The van der Waals surface area contributed by atoms with Crippen molar-refractivity contribution < 1.29 is 14.2 Å². The molecule has 6 nitrogen and oxygen atoms in total. The van der Waals surface area contributed by atoms with Crippen molar-refractivity contribution in [1.29, 1.82) is 0 Å². The van der Waals surface area contributed by atoms with Crippen molar-refractivity contribution in [1.82, 2.24) is 14.8 Å². The normalized spacial score (nSPS) is 18.4. The minimum Gasteiger partial charge on any atom is -0.371 e. The van der Waals surface area contributed by atoms with Crippen LogP contribution in [0.2, 0.25) is 0 Å². The van der Waals surface area contributed by atoms with Gasteiger partial charge in [-0.2, -0.15) is 5.10 Å². The average Bonchev–Trinajstić information content (AvgIpc) is 3.28. The number of rotatable bonds is 8. The molecule has 2 aromatic carbocycles. The van der Waals surface area contributed by atoms with E-state index in [1.807, 2.05) is 4.68 Å². The molecule has 6 heteroatoms. The number of benzene rings is 2. The minimum atomic E-state index is -0.317. The van der Waals surface area contributed by atoms with Gasteiger partial charge in [0, 0.05) is 5.41 Å². The van der Waals surface area contributed by atoms with Gasteiger partial charge in [0.2, 0.25) is 0 Å². The van der Waals surface area contributed by atoms with Crippen LogP contribution in [0.3, 0.4) is 0 Å². The molecule has 0 spiro atoms. The fourth-order valence-corrected chi connectivity index (χ4v) is 4.19. The molecule has 0 aliphatic carbocycles. The molecule has 0 radical (unpaired) electrons. The van der Waals surface area contributed by atoms with Gasteiger partial charge in [0.05, 0.1) is 32.0 Å². The van der Waals surface area contributed by atoms with E-state index in [4.69, 9.17) is 14.2 Å². The molecule has 1 fully saturated rings. The molecule has 1 aliphatic heterocycles. The van der Waals surface area contributed by atoms with Crippen LogP contribution in [-0.4, -0.2) is 47.5 Å². The monoisotopic (exact) mass is 393 g/mol. The zero-order chi connectivity index (χ0) is 20.1. The molecule has 4 rings (SSSR count). The Labute approximate surface area is 171 Å². The summed E-state index contributed by atoms with van der Waals surface area (Å²) in [5.41, 5.74) is 0.930. The van der Waals surface area contributed by atoms with E-state index in [0.29, 0.717) is 26.6 Å². The first-order chi connectivity index (χ1) is 14.2. The Balaban J connectivity index is 1.74. The van der Waals surface area contributed by atoms with Crippen molar-refractivity contribution in [3.63, 3.8) is 0 Å². The largest absolute Gasteiger partial charge is 0.371 e. The first kappa shape index (κ1) is 19.8. The van der Waals surface area contributed by atoms with Gasteiger partial charge in [-0.15, -0.1) is 6.58 Å². The third kappa shape index (κ3) is 4.24. The molecule has 1 saturated heterocycles. The van der Waals surface area contributed by atoms with E-state index in [0.717, 1.165) is 6.42 Å². The lowest BCUT2D eigenvalue weighted by Crippen LogP contribution is -2.50. The number of fused-ring (bicyclic) bond motifs is 1. The quantitative estimate of drug-likeness (QED) is 0.545. The molecule has 2 unspecified atom stereocenters. The van der Waals surface area contributed by atoms with Crippen LogP contribution in [-0.2, 0) is 20.6 Å². The van der Waals surface area contributed by atoms with Crippen LogP contribution in [0.25, 0.3) is 10.8 Å². The minimum absolute atomic E-state index is 0.0708. The maximum absolute atomic E-state index is 6.34. The smallest absolute Gasteiger partial charge is 0.146 e. The molecule has 1 aliphatic rings. The number of ether oxygens (including phenoxy) is 3. The number of aromatic nitrogens is 3. The molecule has 0 amide bonds. The molecule has 29 heavy (non-hydrogen) atoms. The highest BCUT2D eigenvalue weighted by Gasteiger charge is 2.43. The molecule has 0 N–H and O–H groups in total. The summed E-state index contributed by atoms with van der Waals surface area (Å²) in [6.07, 6.45) is 5.66. The Morgan fingerprint density at radius 2 is 2.00 bits per heavy atom. The summed E-state index contributed by atoms with van der Waals surface area (Å²) in [5, 5.41) is 6.93. The fraction of sp³-hybridized carbons (Fsp3) is 0.391. The summed E-state index contributed by atoms with van der Waals surface area (Å²) in [6.45, 7) is 7.87. The zero-order valence-corrected chi connectivity index (χ0v) is 16.7. The predicted molar refractivity (Wildman–Crippen MR) is 112 cm³/mol. The lowest BCUT2D eigenvalue weighted by molar-refractivity contribution is -0.204. The highest BCUT2D eigenvalue weighted by Crippen LogP contribution is 2.37. The van der Waals surface area contributed by atoms with E-state index in [1.165, 1.54) is 16.3 Å². The zero-order valence-electron chi connectivity index (χ0n) is 16.7. The number of hydrogen-bond acceptors (Lipinski definition) is 5. The molecule has 2 atom stereocenters. The second-order valence-electron chi connectivity index (χ2n) is 7.80. The Kier molecular flexibility index (Phi) is 6.04. The molecule has 0 saturated carbocycles. The van der Waals surface area contributed by atoms with Crippen molar-refractivity contribution in [3.05, 3.63) is 73.3 Å². The van der Waals surface area contributed by atoms with Gasteiger partial charge in [0.15, 0.2) is 0 Å². The predicted octanol–water partition coefficient (Wildman–Crippen LogP) is 3.80. The molecular formula is C23H27N3O3. The van der Waals surface area contributed by atoms with Crippen LogP contribution in [0.15, 0.2) is 67.8 Å². The van der Waals surface area contributed by atoms with Crippen molar-refractivity contribution in [2.45, 2.75) is 25.5 Å². The fourth-order valence-electron chi connectivity index (χ4n) is 4.19. The van der Waals surface area contributed by atoms with Crippen LogP contribution < -0.4 is 0 Å². The van der Waals surface area contributed by atoms with Crippen LogP contribution in [0.4, 0.5) is 0 Å². The second-order valence-corrected chi connectivity index (χ2v) is 7.80. The third-order valence-electron chi connectivity index (χ3n) is 5.55. The van der Waals surface area contributed by atoms with E-state index in [1.54, 1.807) is 18.7 Å². The van der Waals surface area contributed by atoms with E-state index in [9.17, 15) is 0 Å². The summed E-state index contributed by atoms with van der Waals surface area (Å²) in [6, 6.07) is 14.8. The second kappa shape index (κ2) is 8.86. The van der Waals surface area contributed by atoms with Gasteiger partial charge >= 0.3 is 0 Å². The molecule has 2 heterocycles. The van der Waals surface area contributed by atoms with Crippen molar-refractivity contribution >= 4 is 10.8 Å². The topological polar surface area (TPSA) is 58.4 Å². The first-order valence-electron chi connectivity index (χ1n) is 9.90. The highest BCUT2D eigenvalue weighted by molar-refractivity contribution is 5.85. The van der Waals surface area contributed by atoms with E-state index >= 15 is 0 Å². The van der Waals surface area contributed by atoms with Crippen LogP contribution in [0, 0.1) is 5.41 Å². The Morgan fingerprint density at radius 1 is 1.21 bits per heavy atom. The molecule has 1 aromatic heterocycles. The average molecular weight is 393 g/mol. The van der Waals surface area contributed by atoms with Crippen LogP contribution >= 0.6 is 0 Å². The molecule has 152 valence electrons. The first-order valence-corrected chi connectivity index (χ1v) is 9.90. The summed E-state index contributed by atoms with van der Waals surface area (Å²) < 4.78 is 19.6. The van der Waals surface area contributed by atoms with Gasteiger partial charge in [-0.1, -0.05) is 55.5 Å². The summed E-state index contributed by atoms with van der Waals surface area (Å²) in [4.78, 5) is 4.19. The standard InChI is InChI=1S/C23H27N3O3/c1-3-11-29-22(23(2)13-27-17-28-14-23)21(26-16-24-15-25-26)12-19-9-6-8-18-7-4-5-10-20(18)19/h3-10,15-16,21-22H,1,11-14,17H2,2H3. The maximum Gasteiger partial charge on any atom is 0.146 e. The molecule has 3 aromatic rings. The number of nitrogens with zero attached hydrogens (tertiary/aromatic N) is 3. The van der Waals surface area contributed by atoms with Crippen LogP contribution in [0.1, 0.15) is 18.5 Å². The lowest BCUT2D eigenvalue weighted by atomic mass is 9.79. The maximum atomic E-state index is 6.34. The van der Waals surface area contributed by atoms with Crippen molar-refractivity contribution in [2.24, 2.45) is 5.41 Å². The molecular weight excluding hydrogens is 366 g/mol. The van der Waals surface area contributed by atoms with Crippen LogP contribution in [0.5, 0.6) is 0 Å². The van der Waals surface area contributed by atoms with Gasteiger partial charge < -0.3 is 14.2 Å². The Hall–Kier alpha value is -2.54. The SMILES string of the molecule is C=CCOC(C(Cc1cccc2ccccc12)n1cncn1)C1(C)COCOC1. The van der Waals surface area contributed by atoms with Gasteiger partial charge in [0.1, 0.15) is 19.4 Å². The van der Waals surface area contributed by atoms with E-state index in [2.05, 4.69) is 66.0 Å². The van der Waals surface area contributed by atoms with E-state index < -0.39 is 0 Å². The van der Waals surface area contributed by atoms with Gasteiger partial charge in [-0.25, -0.2) is 9.67 Å². The Morgan fingerprint density at radius 3 is 2.76 bits per heavy atom. The van der Waals surface area contributed by atoms with Crippen molar-refractivity contribution in [2.75, 3.05) is 26.6 Å². The summed E-state index contributed by atoms with van der Waals surface area (Å²) >= 11 is 0. The van der Waals surface area contributed by atoms with Crippen molar-refractivity contribution in [3.8, 4) is 0 Å². The summed E-state index contributed by atoms with van der Waals surface area (Å²) in [7, 11) is 0. The lowest BCUT2D eigenvalue weighted by Gasteiger charge is -2.43. The molecule has 0 bridgehead atoms. The van der Waals surface area contributed by atoms with Gasteiger partial charge in [-0.3, -0.25) is 0 Å². The van der Waals surface area contributed by atoms with Gasteiger partial charge in [0.25, 0.3) is 0 Å².